The molecule has 0 heterocycles. The molecule has 0 radical (unpaired) electrons. The lowest BCUT2D eigenvalue weighted by Gasteiger charge is -2.12. The molecule has 0 aliphatic rings. The molecular formula is C15H14BrNO4. The Morgan fingerprint density at radius 1 is 1.29 bits per heavy atom. The van der Waals surface area contributed by atoms with E-state index >= 15 is 0 Å². The van der Waals surface area contributed by atoms with Crippen LogP contribution in [-0.2, 0) is 0 Å². The molecule has 0 bridgehead atoms. The molecule has 0 aromatic heterocycles. The standard InChI is InChI=1S/C15H14BrNO4/c1-9-7-11(17(19)20)3-6-15(9)21-12-4-5-13(10(2)18)14(16)8-12/h3-8,10,18H,1-2H3. The van der Waals surface area contributed by atoms with Gasteiger partial charge in [0.05, 0.1) is 11.0 Å². The molecule has 0 fully saturated rings. The maximum atomic E-state index is 10.7. The molecule has 5 nitrogen and oxygen atoms in total. The summed E-state index contributed by atoms with van der Waals surface area (Å²) >= 11 is 3.38. The topological polar surface area (TPSA) is 72.6 Å². The lowest BCUT2D eigenvalue weighted by atomic mass is 10.1. The zero-order valence-electron chi connectivity index (χ0n) is 11.5. The molecule has 0 aliphatic heterocycles. The van der Waals surface area contributed by atoms with E-state index in [4.69, 9.17) is 4.74 Å². The van der Waals surface area contributed by atoms with Crippen LogP contribution in [0.2, 0.25) is 0 Å². The molecule has 0 spiro atoms. The van der Waals surface area contributed by atoms with Gasteiger partial charge in [0.2, 0.25) is 0 Å². The molecule has 1 N–H and O–H groups in total. The Bertz CT molecular complexity index is 685. The van der Waals surface area contributed by atoms with E-state index < -0.39 is 11.0 Å². The van der Waals surface area contributed by atoms with E-state index in [1.54, 1.807) is 38.1 Å². The fraction of sp³-hybridized carbons (Fsp3) is 0.200. The number of aliphatic hydroxyl groups excluding tert-OH is 1. The Kier molecular flexibility index (Phi) is 4.59. The van der Waals surface area contributed by atoms with Gasteiger partial charge in [-0.05, 0) is 43.2 Å². The van der Waals surface area contributed by atoms with E-state index in [1.807, 2.05) is 0 Å². The molecule has 0 saturated heterocycles. The number of nitrogens with zero attached hydrogens (tertiary/aromatic N) is 1. The molecule has 2 rings (SSSR count). The number of nitro groups is 1. The summed E-state index contributed by atoms with van der Waals surface area (Å²) in [7, 11) is 0. The minimum atomic E-state index is -0.575. The molecule has 1 unspecified atom stereocenters. The van der Waals surface area contributed by atoms with E-state index in [1.165, 1.54) is 12.1 Å². The third-order valence-electron chi connectivity index (χ3n) is 3.02. The minimum Gasteiger partial charge on any atom is -0.457 e. The van der Waals surface area contributed by atoms with Crippen LogP contribution in [-0.4, -0.2) is 10.0 Å². The average Bonchev–Trinajstić information content (AvgIpc) is 2.40. The third-order valence-corrected chi connectivity index (χ3v) is 3.71. The van der Waals surface area contributed by atoms with Crippen LogP contribution in [0, 0.1) is 17.0 Å². The van der Waals surface area contributed by atoms with Crippen molar-refractivity contribution in [3.63, 3.8) is 0 Å². The van der Waals surface area contributed by atoms with Crippen molar-refractivity contribution in [2.45, 2.75) is 20.0 Å². The number of non-ortho nitro benzene ring substituents is 1. The molecule has 6 heteroatoms. The highest BCUT2D eigenvalue weighted by Gasteiger charge is 2.11. The maximum Gasteiger partial charge on any atom is 0.269 e. The summed E-state index contributed by atoms with van der Waals surface area (Å²) in [6.07, 6.45) is -0.575. The molecule has 0 aliphatic carbocycles. The van der Waals surface area contributed by atoms with Gasteiger partial charge in [-0.25, -0.2) is 0 Å². The number of ether oxygens (including phenoxy) is 1. The summed E-state index contributed by atoms with van der Waals surface area (Å²) in [6.45, 7) is 3.43. The van der Waals surface area contributed by atoms with Crippen LogP contribution < -0.4 is 4.74 Å². The van der Waals surface area contributed by atoms with Crippen LogP contribution in [0.15, 0.2) is 40.9 Å². The summed E-state index contributed by atoms with van der Waals surface area (Å²) in [5.41, 5.74) is 1.48. The fourth-order valence-corrected chi connectivity index (χ4v) is 2.59. The van der Waals surface area contributed by atoms with E-state index in [0.29, 0.717) is 17.1 Å². The lowest BCUT2D eigenvalue weighted by Crippen LogP contribution is -1.94. The average molecular weight is 352 g/mol. The second kappa shape index (κ2) is 6.24. The summed E-state index contributed by atoms with van der Waals surface area (Å²) in [6, 6.07) is 9.71. The van der Waals surface area contributed by atoms with E-state index in [9.17, 15) is 15.2 Å². The Hall–Kier alpha value is -1.92. The van der Waals surface area contributed by atoms with Crippen molar-refractivity contribution >= 4 is 21.6 Å². The molecule has 0 amide bonds. The van der Waals surface area contributed by atoms with Crippen molar-refractivity contribution in [3.8, 4) is 11.5 Å². The summed E-state index contributed by atoms with van der Waals surface area (Å²) < 4.78 is 6.47. The number of aryl methyl sites for hydroxylation is 1. The normalized spacial score (nSPS) is 12.0. The highest BCUT2D eigenvalue weighted by Crippen LogP contribution is 2.32. The van der Waals surface area contributed by atoms with Crippen LogP contribution >= 0.6 is 15.9 Å². The zero-order chi connectivity index (χ0) is 15.6. The maximum absolute atomic E-state index is 10.7. The number of benzene rings is 2. The van der Waals surface area contributed by atoms with Crippen LogP contribution in [0.1, 0.15) is 24.2 Å². The van der Waals surface area contributed by atoms with Gasteiger partial charge in [0.1, 0.15) is 11.5 Å². The first-order valence-electron chi connectivity index (χ1n) is 6.29. The molecule has 21 heavy (non-hydrogen) atoms. The van der Waals surface area contributed by atoms with Gasteiger partial charge in [0.25, 0.3) is 5.69 Å². The largest absolute Gasteiger partial charge is 0.457 e. The first kappa shape index (κ1) is 15.5. The first-order valence-corrected chi connectivity index (χ1v) is 7.08. The molecular weight excluding hydrogens is 338 g/mol. The second-order valence-electron chi connectivity index (χ2n) is 4.67. The predicted octanol–water partition coefficient (Wildman–Crippen LogP) is 4.51. The van der Waals surface area contributed by atoms with Crippen LogP contribution in [0.5, 0.6) is 11.5 Å². The van der Waals surface area contributed by atoms with Gasteiger partial charge in [0, 0.05) is 16.6 Å². The number of nitro benzene ring substituents is 1. The highest BCUT2D eigenvalue weighted by molar-refractivity contribution is 9.10. The van der Waals surface area contributed by atoms with Crippen molar-refractivity contribution in [2.75, 3.05) is 0 Å². The third kappa shape index (κ3) is 3.59. The second-order valence-corrected chi connectivity index (χ2v) is 5.52. The lowest BCUT2D eigenvalue weighted by molar-refractivity contribution is -0.384. The van der Waals surface area contributed by atoms with Crippen molar-refractivity contribution in [1.82, 2.24) is 0 Å². The molecule has 0 saturated carbocycles. The van der Waals surface area contributed by atoms with Crippen LogP contribution in [0.3, 0.4) is 0 Å². The fourth-order valence-electron chi connectivity index (χ4n) is 1.90. The molecule has 1 atom stereocenters. The summed E-state index contributed by atoms with van der Waals surface area (Å²) in [4.78, 5) is 10.3. The number of rotatable bonds is 4. The zero-order valence-corrected chi connectivity index (χ0v) is 13.1. The first-order chi connectivity index (χ1) is 9.88. The highest BCUT2D eigenvalue weighted by atomic mass is 79.9. The predicted molar refractivity (Wildman–Crippen MR) is 82.7 cm³/mol. The quantitative estimate of drug-likeness (QED) is 0.649. The van der Waals surface area contributed by atoms with Crippen molar-refractivity contribution in [2.24, 2.45) is 0 Å². The molecule has 2 aromatic carbocycles. The Morgan fingerprint density at radius 3 is 2.52 bits per heavy atom. The van der Waals surface area contributed by atoms with Crippen molar-refractivity contribution in [1.29, 1.82) is 0 Å². The number of halogens is 1. The Labute approximate surface area is 130 Å². The Balaban J connectivity index is 2.26. The van der Waals surface area contributed by atoms with E-state index in [-0.39, 0.29) is 5.69 Å². The number of hydrogen-bond donors (Lipinski definition) is 1. The van der Waals surface area contributed by atoms with Crippen molar-refractivity contribution < 1.29 is 14.8 Å². The molecule has 2 aromatic rings. The van der Waals surface area contributed by atoms with E-state index in [0.717, 1.165) is 10.0 Å². The van der Waals surface area contributed by atoms with Gasteiger partial charge < -0.3 is 9.84 Å². The summed E-state index contributed by atoms with van der Waals surface area (Å²) in [5.74, 6) is 1.14. The van der Waals surface area contributed by atoms with Gasteiger partial charge in [0.15, 0.2) is 0 Å². The van der Waals surface area contributed by atoms with Crippen LogP contribution in [0.4, 0.5) is 5.69 Å². The monoisotopic (exact) mass is 351 g/mol. The van der Waals surface area contributed by atoms with Gasteiger partial charge in [-0.3, -0.25) is 10.1 Å². The van der Waals surface area contributed by atoms with E-state index in [2.05, 4.69) is 15.9 Å². The summed E-state index contributed by atoms with van der Waals surface area (Å²) in [5, 5.41) is 20.3. The number of hydrogen-bond acceptors (Lipinski definition) is 4. The smallest absolute Gasteiger partial charge is 0.269 e. The van der Waals surface area contributed by atoms with Gasteiger partial charge in [-0.2, -0.15) is 0 Å². The SMILES string of the molecule is Cc1cc([N+](=O)[O-])ccc1Oc1ccc(C(C)O)c(Br)c1. The molecule has 110 valence electrons. The number of aliphatic hydroxyl groups is 1. The minimum absolute atomic E-state index is 0.0329. The van der Waals surface area contributed by atoms with Gasteiger partial charge >= 0.3 is 0 Å². The van der Waals surface area contributed by atoms with Gasteiger partial charge in [-0.1, -0.05) is 22.0 Å². The Morgan fingerprint density at radius 2 is 2.00 bits per heavy atom. The van der Waals surface area contributed by atoms with Gasteiger partial charge in [-0.15, -0.1) is 0 Å². The van der Waals surface area contributed by atoms with Crippen molar-refractivity contribution in [3.05, 3.63) is 62.1 Å². The van der Waals surface area contributed by atoms with Crippen LogP contribution in [0.25, 0.3) is 0 Å².